The van der Waals surface area contributed by atoms with Crippen LogP contribution < -0.4 is 10.6 Å². The zero-order valence-corrected chi connectivity index (χ0v) is 20.0. The summed E-state index contributed by atoms with van der Waals surface area (Å²) in [5.74, 6) is 1.54. The lowest BCUT2D eigenvalue weighted by molar-refractivity contribution is -0.126. The van der Waals surface area contributed by atoms with Crippen LogP contribution in [0.2, 0.25) is 0 Å². The van der Waals surface area contributed by atoms with Crippen LogP contribution in [0.4, 0.5) is 0 Å². The predicted molar refractivity (Wildman–Crippen MR) is 133 cm³/mol. The molecule has 0 bridgehead atoms. The van der Waals surface area contributed by atoms with Gasteiger partial charge in [0.1, 0.15) is 6.04 Å². The molecular weight excluding hydrogens is 450 g/mol. The SMILES string of the molecule is C#CCNC(=O)CNC(=O)CN(C1CCN(C(C#N)c2cccc3ccccc23)CC1)S(C)=O. The highest BCUT2D eigenvalue weighted by Crippen LogP contribution is 2.31. The maximum atomic E-state index is 12.4. The molecule has 8 nitrogen and oxygen atoms in total. The van der Waals surface area contributed by atoms with Crippen LogP contribution in [0, 0.1) is 23.7 Å². The van der Waals surface area contributed by atoms with Crippen molar-refractivity contribution in [2.75, 3.05) is 39.0 Å². The average molecular weight is 480 g/mol. The molecule has 2 aromatic rings. The highest BCUT2D eigenvalue weighted by Gasteiger charge is 2.32. The largest absolute Gasteiger partial charge is 0.346 e. The summed E-state index contributed by atoms with van der Waals surface area (Å²) in [7, 11) is -1.36. The zero-order chi connectivity index (χ0) is 24.5. The van der Waals surface area contributed by atoms with Crippen LogP contribution in [0.15, 0.2) is 42.5 Å². The fraction of sp³-hybridized carbons (Fsp3) is 0.400. The van der Waals surface area contributed by atoms with E-state index in [1.165, 1.54) is 0 Å². The Hall–Kier alpha value is -3.24. The topological polar surface area (TPSA) is 106 Å². The van der Waals surface area contributed by atoms with Crippen molar-refractivity contribution in [3.05, 3.63) is 48.0 Å². The molecule has 1 aliphatic rings. The third-order valence-electron chi connectivity index (χ3n) is 5.98. The second kappa shape index (κ2) is 12.3. The Morgan fingerprint density at radius 2 is 1.88 bits per heavy atom. The molecular formula is C25H29N5O3S. The van der Waals surface area contributed by atoms with Crippen molar-refractivity contribution in [2.45, 2.75) is 24.9 Å². The van der Waals surface area contributed by atoms with Gasteiger partial charge >= 0.3 is 0 Å². The van der Waals surface area contributed by atoms with Gasteiger partial charge in [0.25, 0.3) is 0 Å². The molecule has 0 saturated carbocycles. The smallest absolute Gasteiger partial charge is 0.240 e. The molecule has 1 saturated heterocycles. The molecule has 1 aliphatic heterocycles. The van der Waals surface area contributed by atoms with Crippen LogP contribution in [0.25, 0.3) is 10.8 Å². The van der Waals surface area contributed by atoms with E-state index in [-0.39, 0.29) is 43.5 Å². The summed E-state index contributed by atoms with van der Waals surface area (Å²) in [6.45, 7) is 1.14. The summed E-state index contributed by atoms with van der Waals surface area (Å²) in [5.41, 5.74) is 0.984. The summed E-state index contributed by atoms with van der Waals surface area (Å²) in [6.07, 6.45) is 8.00. The number of likely N-dealkylation sites (tertiary alicyclic amines) is 1. The lowest BCUT2D eigenvalue weighted by atomic mass is 9.96. The Balaban J connectivity index is 1.60. The van der Waals surface area contributed by atoms with E-state index in [0.717, 1.165) is 16.3 Å². The van der Waals surface area contributed by atoms with Crippen LogP contribution in [0.3, 0.4) is 0 Å². The molecule has 2 amide bonds. The molecule has 2 N–H and O–H groups in total. The van der Waals surface area contributed by atoms with E-state index in [9.17, 15) is 19.1 Å². The van der Waals surface area contributed by atoms with Gasteiger partial charge in [-0.25, -0.2) is 8.51 Å². The third kappa shape index (κ3) is 6.42. The number of hydrogen-bond donors (Lipinski definition) is 2. The number of fused-ring (bicyclic) bond motifs is 1. The van der Waals surface area contributed by atoms with Gasteiger partial charge in [0, 0.05) is 25.4 Å². The monoisotopic (exact) mass is 479 g/mol. The number of carbonyl (C=O) groups excluding carboxylic acids is 2. The van der Waals surface area contributed by atoms with Crippen molar-refractivity contribution < 1.29 is 13.8 Å². The van der Waals surface area contributed by atoms with Gasteiger partial charge in [-0.15, -0.1) is 6.42 Å². The summed E-state index contributed by atoms with van der Waals surface area (Å²) in [4.78, 5) is 26.1. The van der Waals surface area contributed by atoms with Crippen LogP contribution in [-0.2, 0) is 20.6 Å². The zero-order valence-electron chi connectivity index (χ0n) is 19.2. The molecule has 2 unspecified atom stereocenters. The minimum atomic E-state index is -1.36. The molecule has 0 aliphatic carbocycles. The Bertz CT molecular complexity index is 1130. The van der Waals surface area contributed by atoms with Crippen LogP contribution in [0.5, 0.6) is 0 Å². The minimum absolute atomic E-state index is 0.0602. The van der Waals surface area contributed by atoms with Gasteiger partial charge in [0.05, 0.1) is 36.7 Å². The van der Waals surface area contributed by atoms with Gasteiger partial charge in [-0.3, -0.25) is 14.5 Å². The molecule has 2 aromatic carbocycles. The standard InChI is InChI=1S/C25H29N5O3S/c1-3-13-27-24(31)17-28-25(32)18-30(34(2)33)20-11-14-29(15-12-20)23(16-26)22-10-6-8-19-7-4-5-9-21(19)22/h1,4-10,20,23H,11-15,17-18H2,2H3,(H,27,31)(H,28,32). The van der Waals surface area contributed by atoms with Gasteiger partial charge in [-0.1, -0.05) is 48.4 Å². The van der Waals surface area contributed by atoms with Crippen molar-refractivity contribution in [2.24, 2.45) is 0 Å². The number of carbonyl (C=O) groups is 2. The van der Waals surface area contributed by atoms with E-state index < -0.39 is 11.0 Å². The number of benzene rings is 2. The van der Waals surface area contributed by atoms with E-state index in [2.05, 4.69) is 27.5 Å². The average Bonchev–Trinajstić information content (AvgIpc) is 2.85. The summed E-state index contributed by atoms with van der Waals surface area (Å²) >= 11 is 0. The van der Waals surface area contributed by atoms with Crippen LogP contribution >= 0.6 is 0 Å². The van der Waals surface area contributed by atoms with E-state index >= 15 is 0 Å². The van der Waals surface area contributed by atoms with Crippen molar-refractivity contribution in [3.63, 3.8) is 0 Å². The van der Waals surface area contributed by atoms with E-state index in [1.54, 1.807) is 10.6 Å². The number of terminal acetylenes is 1. The molecule has 0 radical (unpaired) electrons. The quantitative estimate of drug-likeness (QED) is 0.528. The number of nitrogens with zero attached hydrogens (tertiary/aromatic N) is 3. The van der Waals surface area contributed by atoms with Crippen LogP contribution in [0.1, 0.15) is 24.4 Å². The molecule has 1 heterocycles. The van der Waals surface area contributed by atoms with E-state index in [4.69, 9.17) is 6.42 Å². The summed E-state index contributed by atoms with van der Waals surface area (Å²) in [5, 5.41) is 17.2. The van der Waals surface area contributed by atoms with Crippen molar-refractivity contribution in [3.8, 4) is 18.4 Å². The first-order valence-corrected chi connectivity index (χ1v) is 12.6. The van der Waals surface area contributed by atoms with Gasteiger partial charge in [0.15, 0.2) is 0 Å². The van der Waals surface area contributed by atoms with Crippen LogP contribution in [-0.4, -0.2) is 70.2 Å². The summed E-state index contributed by atoms with van der Waals surface area (Å²) < 4.78 is 14.0. The maximum absolute atomic E-state index is 12.4. The fourth-order valence-electron chi connectivity index (χ4n) is 4.29. The fourth-order valence-corrected chi connectivity index (χ4v) is 5.22. The maximum Gasteiger partial charge on any atom is 0.240 e. The predicted octanol–water partition coefficient (Wildman–Crippen LogP) is 1.33. The lowest BCUT2D eigenvalue weighted by Crippen LogP contribution is -2.50. The molecule has 9 heteroatoms. The molecule has 2 atom stereocenters. The second-order valence-electron chi connectivity index (χ2n) is 8.12. The van der Waals surface area contributed by atoms with E-state index in [0.29, 0.717) is 25.9 Å². The van der Waals surface area contributed by atoms with Crippen molar-refractivity contribution >= 4 is 33.6 Å². The molecule has 34 heavy (non-hydrogen) atoms. The molecule has 0 spiro atoms. The van der Waals surface area contributed by atoms with Gasteiger partial charge < -0.3 is 10.6 Å². The number of nitriles is 1. The Morgan fingerprint density at radius 3 is 2.56 bits per heavy atom. The minimum Gasteiger partial charge on any atom is -0.346 e. The van der Waals surface area contributed by atoms with Gasteiger partial charge in [-0.2, -0.15) is 5.26 Å². The van der Waals surface area contributed by atoms with Gasteiger partial charge in [0.2, 0.25) is 11.8 Å². The Labute approximate surface area is 202 Å². The second-order valence-corrected chi connectivity index (χ2v) is 9.44. The third-order valence-corrected chi connectivity index (χ3v) is 7.06. The number of piperidine rings is 1. The number of rotatable bonds is 9. The first-order valence-electron chi connectivity index (χ1n) is 11.1. The highest BCUT2D eigenvalue weighted by molar-refractivity contribution is 7.81. The van der Waals surface area contributed by atoms with E-state index in [1.807, 2.05) is 42.5 Å². The normalized spacial score (nSPS) is 16.4. The number of nitrogens with one attached hydrogen (secondary N) is 2. The number of hydrogen-bond acceptors (Lipinski definition) is 5. The van der Waals surface area contributed by atoms with Crippen molar-refractivity contribution in [1.82, 2.24) is 19.8 Å². The molecule has 178 valence electrons. The van der Waals surface area contributed by atoms with Gasteiger partial charge in [-0.05, 0) is 29.2 Å². The first kappa shape index (κ1) is 25.4. The first-order chi connectivity index (χ1) is 16.4. The molecule has 0 aromatic heterocycles. The lowest BCUT2D eigenvalue weighted by Gasteiger charge is -2.38. The Morgan fingerprint density at radius 1 is 1.18 bits per heavy atom. The Kier molecular flexibility index (Phi) is 9.17. The molecule has 1 fully saturated rings. The molecule has 3 rings (SSSR count). The number of amides is 2. The summed E-state index contributed by atoms with van der Waals surface area (Å²) in [6, 6.07) is 16.1. The highest BCUT2D eigenvalue weighted by atomic mass is 32.2. The van der Waals surface area contributed by atoms with Crippen molar-refractivity contribution in [1.29, 1.82) is 5.26 Å².